The fourth-order valence-electron chi connectivity index (χ4n) is 5.08. The van der Waals surface area contributed by atoms with Gasteiger partial charge in [0.2, 0.25) is 6.79 Å². The van der Waals surface area contributed by atoms with Gasteiger partial charge in [0.15, 0.2) is 17.3 Å². The Bertz CT molecular complexity index is 1560. The van der Waals surface area contributed by atoms with Gasteiger partial charge in [-0.25, -0.2) is 4.68 Å². The molecule has 202 valence electrons. The first-order valence-electron chi connectivity index (χ1n) is 12.5. The van der Waals surface area contributed by atoms with Crippen LogP contribution in [0.2, 0.25) is 0 Å². The van der Waals surface area contributed by atoms with Gasteiger partial charge >= 0.3 is 0 Å². The lowest BCUT2D eigenvalue weighted by atomic mass is 10.0. The number of benzene rings is 2. The number of hydrogen-bond acceptors (Lipinski definition) is 11. The van der Waals surface area contributed by atoms with Crippen molar-refractivity contribution >= 4 is 22.3 Å². The monoisotopic (exact) mass is 534 g/mol. The van der Waals surface area contributed by atoms with E-state index in [1.54, 1.807) is 30.0 Å². The van der Waals surface area contributed by atoms with Gasteiger partial charge in [-0.1, -0.05) is 0 Å². The highest BCUT2D eigenvalue weighted by atomic mass is 16.7. The highest BCUT2D eigenvalue weighted by Gasteiger charge is 2.33. The van der Waals surface area contributed by atoms with Crippen LogP contribution < -0.4 is 19.9 Å². The molecule has 39 heavy (non-hydrogen) atoms. The Balaban J connectivity index is 1.34. The molecule has 14 nitrogen and oxygen atoms in total. The van der Waals surface area contributed by atoms with Crippen molar-refractivity contribution in [3.05, 3.63) is 74.3 Å². The van der Waals surface area contributed by atoms with E-state index in [4.69, 9.17) is 14.2 Å². The Morgan fingerprint density at radius 1 is 1.10 bits per heavy atom. The zero-order valence-corrected chi connectivity index (χ0v) is 21.1. The number of pyridine rings is 1. The fourth-order valence-corrected chi connectivity index (χ4v) is 5.08. The summed E-state index contributed by atoms with van der Waals surface area (Å²) in [6.07, 6.45) is 0. The van der Waals surface area contributed by atoms with Crippen molar-refractivity contribution in [3.63, 3.8) is 0 Å². The number of non-ortho nitro benzene ring substituents is 1. The molecular weight excluding hydrogens is 508 g/mol. The number of aromatic amines is 1. The quantitative estimate of drug-likeness (QED) is 0.259. The largest absolute Gasteiger partial charge is 0.454 e. The van der Waals surface area contributed by atoms with Crippen LogP contribution in [0.25, 0.3) is 10.9 Å². The Morgan fingerprint density at radius 2 is 1.85 bits per heavy atom. The number of aromatic nitrogens is 5. The average molecular weight is 535 g/mol. The molecule has 0 bridgehead atoms. The molecule has 1 saturated heterocycles. The molecule has 6 rings (SSSR count). The predicted octanol–water partition coefficient (Wildman–Crippen LogP) is 1.71. The minimum Gasteiger partial charge on any atom is -0.454 e. The van der Waals surface area contributed by atoms with Gasteiger partial charge in [0, 0.05) is 68.1 Å². The van der Waals surface area contributed by atoms with E-state index in [2.05, 4.69) is 30.3 Å². The maximum atomic E-state index is 13.5. The smallest absolute Gasteiger partial charge is 0.269 e. The van der Waals surface area contributed by atoms with Crippen molar-refractivity contribution in [1.82, 2.24) is 30.1 Å². The third-order valence-electron chi connectivity index (χ3n) is 7.08. The van der Waals surface area contributed by atoms with Crippen LogP contribution in [0.15, 0.2) is 47.3 Å². The van der Waals surface area contributed by atoms with Gasteiger partial charge in [0.05, 0.1) is 23.6 Å². The molecule has 2 aromatic heterocycles. The van der Waals surface area contributed by atoms with Crippen LogP contribution in [0.4, 0.5) is 11.4 Å². The molecule has 2 aromatic carbocycles. The number of nitrogens with zero attached hydrogens (tertiary/aromatic N) is 7. The first kappa shape index (κ1) is 24.8. The summed E-state index contributed by atoms with van der Waals surface area (Å²) in [5.41, 5.74) is 1.87. The van der Waals surface area contributed by atoms with Gasteiger partial charge in [-0.15, -0.1) is 5.10 Å². The number of rotatable bonds is 8. The van der Waals surface area contributed by atoms with E-state index in [-0.39, 0.29) is 18.0 Å². The van der Waals surface area contributed by atoms with E-state index in [9.17, 15) is 14.9 Å². The molecule has 1 fully saturated rings. The highest BCUT2D eigenvalue weighted by Crippen LogP contribution is 2.36. The third-order valence-corrected chi connectivity index (χ3v) is 7.08. The standard InChI is InChI=1S/C25H26N8O6/c1-37-11-10-32-24(27-28-29-32)23(19-12-16-13-21-22(39-15-38-21)14-20(16)26-25(19)34)31-8-6-30(7-9-31)17-2-4-18(5-3-17)33(35)36/h2-5,12-14,23H,6-11,15H2,1H3,(H,26,34). The van der Waals surface area contributed by atoms with Crippen molar-refractivity contribution in [3.8, 4) is 11.5 Å². The summed E-state index contributed by atoms with van der Waals surface area (Å²) >= 11 is 0. The maximum absolute atomic E-state index is 13.5. The zero-order chi connectivity index (χ0) is 26.9. The van der Waals surface area contributed by atoms with Gasteiger partial charge in [0.1, 0.15) is 6.04 Å². The number of methoxy groups -OCH3 is 1. The van der Waals surface area contributed by atoms with Crippen molar-refractivity contribution in [2.45, 2.75) is 12.6 Å². The highest BCUT2D eigenvalue weighted by molar-refractivity contribution is 5.83. The van der Waals surface area contributed by atoms with Crippen molar-refractivity contribution in [1.29, 1.82) is 0 Å². The Morgan fingerprint density at radius 3 is 2.56 bits per heavy atom. The molecule has 0 amide bonds. The fraction of sp³-hybridized carbons (Fsp3) is 0.360. The summed E-state index contributed by atoms with van der Waals surface area (Å²) < 4.78 is 17.9. The average Bonchev–Trinajstić information content (AvgIpc) is 3.61. The lowest BCUT2D eigenvalue weighted by Crippen LogP contribution is -2.49. The van der Waals surface area contributed by atoms with E-state index in [0.29, 0.717) is 67.7 Å². The molecule has 0 saturated carbocycles. The number of fused-ring (bicyclic) bond motifs is 2. The molecular formula is C25H26N8O6. The Labute approximate surface area is 221 Å². The lowest BCUT2D eigenvalue weighted by molar-refractivity contribution is -0.384. The van der Waals surface area contributed by atoms with Gasteiger partial charge in [-0.3, -0.25) is 19.8 Å². The second-order valence-electron chi connectivity index (χ2n) is 9.30. The lowest BCUT2D eigenvalue weighted by Gasteiger charge is -2.39. The Hall–Kier alpha value is -4.56. The van der Waals surface area contributed by atoms with Crippen LogP contribution in [0.5, 0.6) is 11.5 Å². The van der Waals surface area contributed by atoms with E-state index in [0.717, 1.165) is 11.1 Å². The SMILES string of the molecule is COCCn1nnnc1C(c1cc2cc3c(cc2[nH]c1=O)OCO3)N1CCN(c2ccc([N+](=O)[O-])cc2)CC1. The maximum Gasteiger partial charge on any atom is 0.269 e. The van der Waals surface area contributed by atoms with E-state index in [1.165, 1.54) is 12.1 Å². The van der Waals surface area contributed by atoms with E-state index in [1.807, 2.05) is 12.1 Å². The molecule has 0 aliphatic carbocycles. The van der Waals surface area contributed by atoms with Gasteiger partial charge < -0.3 is 24.1 Å². The summed E-state index contributed by atoms with van der Waals surface area (Å²) in [5, 5.41) is 24.2. The molecule has 4 aromatic rings. The first-order chi connectivity index (χ1) is 19.0. The summed E-state index contributed by atoms with van der Waals surface area (Å²) in [6.45, 7) is 3.50. The topological polar surface area (TPSA) is 154 Å². The second-order valence-corrected chi connectivity index (χ2v) is 9.30. The number of nitrogens with one attached hydrogen (secondary N) is 1. The molecule has 2 aliphatic heterocycles. The number of tetrazole rings is 1. The van der Waals surface area contributed by atoms with Gasteiger partial charge in [-0.05, 0) is 34.7 Å². The van der Waals surface area contributed by atoms with Crippen LogP contribution in [0.3, 0.4) is 0 Å². The number of nitro benzene ring substituents is 1. The Kier molecular flexibility index (Phi) is 6.54. The molecule has 1 unspecified atom stereocenters. The number of nitro groups is 1. The van der Waals surface area contributed by atoms with Crippen LogP contribution in [-0.4, -0.2) is 81.7 Å². The van der Waals surface area contributed by atoms with E-state index < -0.39 is 11.0 Å². The minimum atomic E-state index is -0.519. The molecule has 1 N–H and O–H groups in total. The van der Waals surface area contributed by atoms with Crippen LogP contribution in [0, 0.1) is 10.1 Å². The van der Waals surface area contributed by atoms with Crippen LogP contribution in [0.1, 0.15) is 17.4 Å². The summed E-state index contributed by atoms with van der Waals surface area (Å²) in [5.74, 6) is 1.76. The van der Waals surface area contributed by atoms with Gasteiger partial charge in [0.25, 0.3) is 11.2 Å². The third kappa shape index (κ3) is 4.75. The van der Waals surface area contributed by atoms with Crippen molar-refractivity contribution in [2.24, 2.45) is 0 Å². The number of piperazine rings is 1. The number of anilines is 1. The number of H-pyrrole nitrogens is 1. The van der Waals surface area contributed by atoms with Gasteiger partial charge in [-0.2, -0.15) is 0 Å². The molecule has 0 spiro atoms. The number of ether oxygens (including phenoxy) is 3. The van der Waals surface area contributed by atoms with Crippen LogP contribution in [-0.2, 0) is 11.3 Å². The molecule has 1 atom stereocenters. The second kappa shape index (κ2) is 10.3. The summed E-state index contributed by atoms with van der Waals surface area (Å²) in [6, 6.07) is 11.5. The normalized spacial score (nSPS) is 16.1. The zero-order valence-electron chi connectivity index (χ0n) is 21.1. The molecule has 14 heteroatoms. The predicted molar refractivity (Wildman–Crippen MR) is 139 cm³/mol. The first-order valence-corrected chi connectivity index (χ1v) is 12.5. The summed E-state index contributed by atoms with van der Waals surface area (Å²) in [4.78, 5) is 31.4. The van der Waals surface area contributed by atoms with Crippen molar-refractivity contribution in [2.75, 3.05) is 51.6 Å². The minimum absolute atomic E-state index is 0.0541. The molecule has 2 aliphatic rings. The number of hydrogen-bond donors (Lipinski definition) is 1. The van der Waals surface area contributed by atoms with Crippen LogP contribution >= 0.6 is 0 Å². The van der Waals surface area contributed by atoms with Crippen molar-refractivity contribution < 1.29 is 19.1 Å². The summed E-state index contributed by atoms with van der Waals surface area (Å²) in [7, 11) is 1.61. The van der Waals surface area contributed by atoms with E-state index >= 15 is 0 Å². The molecule has 0 radical (unpaired) electrons. The molecule has 4 heterocycles.